The van der Waals surface area contributed by atoms with E-state index in [1.54, 1.807) is 12.4 Å². The zero-order chi connectivity index (χ0) is 15.4. The second kappa shape index (κ2) is 6.81. The van der Waals surface area contributed by atoms with E-state index in [1.165, 1.54) is 11.1 Å². The maximum atomic E-state index is 4.53. The molecule has 0 N–H and O–H groups in total. The Hall–Kier alpha value is -1.74. The first-order chi connectivity index (χ1) is 9.99. The van der Waals surface area contributed by atoms with Gasteiger partial charge in [0.1, 0.15) is 0 Å². The highest BCUT2D eigenvalue weighted by atomic mass is 79.9. The van der Waals surface area contributed by atoms with E-state index in [-0.39, 0.29) is 0 Å². The summed E-state index contributed by atoms with van der Waals surface area (Å²) in [6, 6.07) is 10.3. The van der Waals surface area contributed by atoms with E-state index in [9.17, 15) is 0 Å². The molecule has 3 heteroatoms. The fourth-order valence-electron chi connectivity index (χ4n) is 2.33. The smallest absolute Gasteiger partial charge is 0.0689 e. The Morgan fingerprint density at radius 1 is 0.762 bits per heavy atom. The third-order valence-corrected chi connectivity index (χ3v) is 3.83. The zero-order valence-corrected chi connectivity index (χ0v) is 14.4. The molecular weight excluding hydrogens is 324 g/mol. The molecule has 21 heavy (non-hydrogen) atoms. The fraction of sp³-hybridized carbons (Fsp3) is 0.222. The predicted molar refractivity (Wildman–Crippen MR) is 95.8 cm³/mol. The summed E-state index contributed by atoms with van der Waals surface area (Å²) in [5.41, 5.74) is 6.68. The van der Waals surface area contributed by atoms with Crippen LogP contribution in [0.4, 0.5) is 11.4 Å². The molecule has 0 unspecified atom stereocenters. The maximum absolute atomic E-state index is 4.53. The van der Waals surface area contributed by atoms with E-state index in [2.05, 4.69) is 77.9 Å². The molecule has 0 atom stereocenters. The maximum Gasteiger partial charge on any atom is 0.0689 e. The lowest BCUT2D eigenvalue weighted by Crippen LogP contribution is -1.84. The Morgan fingerprint density at radius 2 is 1.19 bits per heavy atom. The number of aryl methyl sites for hydroxylation is 4. The lowest BCUT2D eigenvalue weighted by atomic mass is 10.1. The third kappa shape index (κ3) is 3.88. The number of halogens is 1. The van der Waals surface area contributed by atoms with Crippen molar-refractivity contribution in [2.24, 2.45) is 9.98 Å². The Kier molecular flexibility index (Phi) is 5.07. The molecule has 0 spiro atoms. The van der Waals surface area contributed by atoms with Gasteiger partial charge in [-0.2, -0.15) is 0 Å². The molecule has 0 bridgehead atoms. The van der Waals surface area contributed by atoms with Crippen molar-refractivity contribution in [2.45, 2.75) is 27.7 Å². The minimum atomic E-state index is 1.01. The van der Waals surface area contributed by atoms with Gasteiger partial charge < -0.3 is 0 Å². The van der Waals surface area contributed by atoms with Gasteiger partial charge in [-0.05, 0) is 62.1 Å². The Bertz CT molecular complexity index is 672. The molecule has 2 rings (SSSR count). The zero-order valence-electron chi connectivity index (χ0n) is 12.8. The minimum Gasteiger partial charge on any atom is -0.255 e. The van der Waals surface area contributed by atoms with Crippen LogP contribution >= 0.6 is 15.9 Å². The van der Waals surface area contributed by atoms with Crippen molar-refractivity contribution in [3.8, 4) is 0 Å². The second-order valence-corrected chi connectivity index (χ2v) is 6.10. The quantitative estimate of drug-likeness (QED) is 0.631. The van der Waals surface area contributed by atoms with Crippen molar-refractivity contribution in [3.05, 3.63) is 57.1 Å². The number of benzene rings is 2. The molecule has 0 fully saturated rings. The molecule has 2 aromatic carbocycles. The summed E-state index contributed by atoms with van der Waals surface area (Å²) in [6.07, 6.45) is 3.52. The van der Waals surface area contributed by atoms with Crippen LogP contribution in [0.3, 0.4) is 0 Å². The Morgan fingerprint density at radius 3 is 1.67 bits per heavy atom. The van der Waals surface area contributed by atoms with Gasteiger partial charge in [0.05, 0.1) is 11.4 Å². The molecule has 0 heterocycles. The molecule has 0 aromatic heterocycles. The van der Waals surface area contributed by atoms with Crippen LogP contribution in [0, 0.1) is 27.7 Å². The first kappa shape index (κ1) is 15.6. The number of para-hydroxylation sites is 1. The van der Waals surface area contributed by atoms with E-state index in [0.717, 1.165) is 27.0 Å². The average molecular weight is 343 g/mol. The van der Waals surface area contributed by atoms with Gasteiger partial charge in [-0.25, -0.2) is 0 Å². The highest BCUT2D eigenvalue weighted by Crippen LogP contribution is 2.27. The molecule has 2 nitrogen and oxygen atoms in total. The van der Waals surface area contributed by atoms with Crippen LogP contribution in [0.5, 0.6) is 0 Å². The molecule has 0 aliphatic heterocycles. The van der Waals surface area contributed by atoms with Crippen LogP contribution in [0.15, 0.2) is 44.8 Å². The summed E-state index contributed by atoms with van der Waals surface area (Å²) in [7, 11) is 0. The molecule has 0 radical (unpaired) electrons. The van der Waals surface area contributed by atoms with Crippen LogP contribution < -0.4 is 0 Å². The normalized spacial score (nSPS) is 11.7. The SMILES string of the molecule is Cc1cccc(C)c1N=CC=Nc1c(C)cc(Br)cc1C. The lowest BCUT2D eigenvalue weighted by molar-refractivity contribution is 1.32. The average Bonchev–Trinajstić information content (AvgIpc) is 2.39. The fourth-order valence-corrected chi connectivity index (χ4v) is 3.02. The van der Waals surface area contributed by atoms with Crippen LogP contribution in [-0.2, 0) is 0 Å². The standard InChI is InChI=1S/C18H19BrN2/c1-12-6-5-7-13(2)17(12)20-8-9-21-18-14(3)10-16(19)11-15(18)4/h5-11H,1-4H3. The van der Waals surface area contributed by atoms with Gasteiger partial charge >= 0.3 is 0 Å². The van der Waals surface area contributed by atoms with Gasteiger partial charge in [0, 0.05) is 16.9 Å². The number of hydrogen-bond acceptors (Lipinski definition) is 2. The highest BCUT2D eigenvalue weighted by molar-refractivity contribution is 9.10. The van der Waals surface area contributed by atoms with E-state index < -0.39 is 0 Å². The van der Waals surface area contributed by atoms with Crippen molar-refractivity contribution < 1.29 is 0 Å². The van der Waals surface area contributed by atoms with Crippen molar-refractivity contribution >= 4 is 39.7 Å². The number of nitrogens with zero attached hydrogens (tertiary/aromatic N) is 2. The molecular formula is C18H19BrN2. The second-order valence-electron chi connectivity index (χ2n) is 5.18. The van der Waals surface area contributed by atoms with E-state index in [4.69, 9.17) is 0 Å². The largest absolute Gasteiger partial charge is 0.255 e. The van der Waals surface area contributed by atoms with Gasteiger partial charge in [0.25, 0.3) is 0 Å². The van der Waals surface area contributed by atoms with Crippen molar-refractivity contribution in [1.82, 2.24) is 0 Å². The summed E-state index contributed by atoms with van der Waals surface area (Å²) in [6.45, 7) is 8.26. The van der Waals surface area contributed by atoms with Gasteiger partial charge in [0.15, 0.2) is 0 Å². The Labute approximate surface area is 134 Å². The predicted octanol–water partition coefficient (Wildman–Crippen LogP) is 5.79. The first-order valence-corrected chi connectivity index (χ1v) is 7.68. The number of aliphatic imine (C=N–C) groups is 2. The summed E-state index contributed by atoms with van der Waals surface area (Å²) in [5.74, 6) is 0. The van der Waals surface area contributed by atoms with Gasteiger partial charge in [-0.3, -0.25) is 9.98 Å². The van der Waals surface area contributed by atoms with Crippen molar-refractivity contribution in [1.29, 1.82) is 0 Å². The molecule has 0 aliphatic carbocycles. The third-order valence-electron chi connectivity index (χ3n) is 3.37. The molecule has 0 saturated carbocycles. The van der Waals surface area contributed by atoms with Gasteiger partial charge in [0.2, 0.25) is 0 Å². The van der Waals surface area contributed by atoms with Gasteiger partial charge in [-0.1, -0.05) is 34.1 Å². The molecule has 0 saturated heterocycles. The summed E-state index contributed by atoms with van der Waals surface area (Å²) in [5, 5.41) is 0. The van der Waals surface area contributed by atoms with Crippen LogP contribution in [-0.4, -0.2) is 12.4 Å². The van der Waals surface area contributed by atoms with Gasteiger partial charge in [-0.15, -0.1) is 0 Å². The van der Waals surface area contributed by atoms with E-state index in [1.807, 2.05) is 6.07 Å². The molecule has 0 aliphatic rings. The monoisotopic (exact) mass is 342 g/mol. The number of rotatable bonds is 3. The topological polar surface area (TPSA) is 24.7 Å². The Balaban J connectivity index is 2.22. The minimum absolute atomic E-state index is 1.01. The van der Waals surface area contributed by atoms with E-state index in [0.29, 0.717) is 0 Å². The summed E-state index contributed by atoms with van der Waals surface area (Å²) < 4.78 is 1.08. The van der Waals surface area contributed by atoms with Crippen LogP contribution in [0.2, 0.25) is 0 Å². The van der Waals surface area contributed by atoms with Crippen molar-refractivity contribution in [3.63, 3.8) is 0 Å². The lowest BCUT2D eigenvalue weighted by Gasteiger charge is -2.05. The molecule has 2 aromatic rings. The first-order valence-electron chi connectivity index (χ1n) is 6.88. The summed E-state index contributed by atoms with van der Waals surface area (Å²) in [4.78, 5) is 9.04. The highest BCUT2D eigenvalue weighted by Gasteiger charge is 2.01. The van der Waals surface area contributed by atoms with E-state index >= 15 is 0 Å². The van der Waals surface area contributed by atoms with Crippen LogP contribution in [0.1, 0.15) is 22.3 Å². The number of hydrogen-bond donors (Lipinski definition) is 0. The van der Waals surface area contributed by atoms with Crippen LogP contribution in [0.25, 0.3) is 0 Å². The summed E-state index contributed by atoms with van der Waals surface area (Å²) >= 11 is 3.50. The molecule has 108 valence electrons. The molecule has 0 amide bonds. The van der Waals surface area contributed by atoms with Crippen molar-refractivity contribution in [2.75, 3.05) is 0 Å².